The molecule has 1 aromatic carbocycles. The fourth-order valence-corrected chi connectivity index (χ4v) is 3.16. The molecule has 0 atom stereocenters. The van der Waals surface area contributed by atoms with Gasteiger partial charge in [0.05, 0.1) is 5.69 Å². The van der Waals surface area contributed by atoms with E-state index < -0.39 is 0 Å². The molecular formula is C20H26FN5O. The van der Waals surface area contributed by atoms with Crippen LogP contribution in [0.5, 0.6) is 0 Å². The van der Waals surface area contributed by atoms with Crippen molar-refractivity contribution in [2.45, 2.75) is 33.6 Å². The van der Waals surface area contributed by atoms with Gasteiger partial charge in [0.15, 0.2) is 5.96 Å². The van der Waals surface area contributed by atoms with Crippen molar-refractivity contribution in [1.29, 1.82) is 0 Å². The lowest BCUT2D eigenvalue weighted by Gasteiger charge is -2.11. The molecule has 0 spiro atoms. The van der Waals surface area contributed by atoms with Crippen LogP contribution in [0.25, 0.3) is 10.9 Å². The van der Waals surface area contributed by atoms with Gasteiger partial charge >= 0.3 is 0 Å². The van der Waals surface area contributed by atoms with Gasteiger partial charge < -0.3 is 20.1 Å². The lowest BCUT2D eigenvalue weighted by Crippen LogP contribution is -2.38. The number of benzene rings is 1. The molecule has 3 aromatic rings. The molecule has 0 unspecified atom stereocenters. The molecule has 6 nitrogen and oxygen atoms in total. The second-order valence-corrected chi connectivity index (χ2v) is 6.49. The Morgan fingerprint density at radius 1 is 1.26 bits per heavy atom. The summed E-state index contributed by atoms with van der Waals surface area (Å²) in [6.07, 6.45) is 3.55. The van der Waals surface area contributed by atoms with Crippen molar-refractivity contribution in [3.63, 3.8) is 0 Å². The van der Waals surface area contributed by atoms with E-state index in [4.69, 9.17) is 4.52 Å². The monoisotopic (exact) mass is 371 g/mol. The van der Waals surface area contributed by atoms with Gasteiger partial charge in [-0.25, -0.2) is 4.39 Å². The van der Waals surface area contributed by atoms with Gasteiger partial charge in [-0.2, -0.15) is 0 Å². The smallest absolute Gasteiger partial charge is 0.191 e. The summed E-state index contributed by atoms with van der Waals surface area (Å²) in [5.74, 6) is 1.42. The fourth-order valence-electron chi connectivity index (χ4n) is 3.16. The zero-order valence-electron chi connectivity index (χ0n) is 16.0. The largest absolute Gasteiger partial charge is 0.361 e. The second-order valence-electron chi connectivity index (χ2n) is 6.49. The van der Waals surface area contributed by atoms with Crippen LogP contribution in [-0.2, 0) is 12.8 Å². The van der Waals surface area contributed by atoms with Crippen molar-refractivity contribution >= 4 is 16.9 Å². The zero-order chi connectivity index (χ0) is 19.2. The van der Waals surface area contributed by atoms with Crippen LogP contribution in [0.3, 0.4) is 0 Å². The van der Waals surface area contributed by atoms with Crippen molar-refractivity contribution in [1.82, 2.24) is 20.8 Å². The van der Waals surface area contributed by atoms with E-state index in [2.05, 4.69) is 25.8 Å². The molecule has 0 fully saturated rings. The van der Waals surface area contributed by atoms with Gasteiger partial charge in [-0.3, -0.25) is 4.99 Å². The summed E-state index contributed by atoms with van der Waals surface area (Å²) < 4.78 is 18.5. The molecule has 0 saturated carbocycles. The quantitative estimate of drug-likeness (QED) is 0.440. The fraction of sp³-hybridized carbons (Fsp3) is 0.400. The molecule has 27 heavy (non-hydrogen) atoms. The molecule has 0 saturated heterocycles. The Kier molecular flexibility index (Phi) is 6.11. The summed E-state index contributed by atoms with van der Waals surface area (Å²) in [4.78, 5) is 7.76. The number of hydrogen-bond donors (Lipinski definition) is 3. The summed E-state index contributed by atoms with van der Waals surface area (Å²) in [6.45, 7) is 8.11. The van der Waals surface area contributed by atoms with E-state index in [9.17, 15) is 4.39 Å². The maximum atomic E-state index is 13.3. The van der Waals surface area contributed by atoms with Crippen molar-refractivity contribution < 1.29 is 8.91 Å². The molecule has 0 amide bonds. The standard InChI is InChI=1S/C20H26FN5O/c1-4-22-20(24-10-8-17-13(2)26-27-14(17)3)23-9-7-15-12-25-19-11-16(21)5-6-18(15)19/h5-6,11-12,25H,4,7-10H2,1-3H3,(H2,22,23,24). The number of aryl methyl sites for hydroxylation is 2. The third kappa shape index (κ3) is 4.67. The van der Waals surface area contributed by atoms with E-state index in [1.165, 1.54) is 12.1 Å². The highest BCUT2D eigenvalue weighted by atomic mass is 19.1. The average Bonchev–Trinajstić information content (AvgIpc) is 3.19. The summed E-state index contributed by atoms with van der Waals surface area (Å²) in [7, 11) is 0. The van der Waals surface area contributed by atoms with Gasteiger partial charge in [0.2, 0.25) is 0 Å². The van der Waals surface area contributed by atoms with Crippen LogP contribution >= 0.6 is 0 Å². The molecule has 7 heteroatoms. The number of halogens is 1. The summed E-state index contributed by atoms with van der Waals surface area (Å²) in [5, 5.41) is 11.6. The Balaban J connectivity index is 1.56. The predicted molar refractivity (Wildman–Crippen MR) is 106 cm³/mol. The predicted octanol–water partition coefficient (Wildman–Crippen LogP) is 3.25. The highest BCUT2D eigenvalue weighted by Crippen LogP contribution is 2.19. The second kappa shape index (κ2) is 8.70. The molecule has 0 bridgehead atoms. The Morgan fingerprint density at radius 3 is 2.85 bits per heavy atom. The average molecular weight is 371 g/mol. The zero-order valence-corrected chi connectivity index (χ0v) is 16.0. The number of hydrogen-bond acceptors (Lipinski definition) is 3. The third-order valence-corrected chi connectivity index (χ3v) is 4.57. The number of nitrogens with zero attached hydrogens (tertiary/aromatic N) is 2. The lowest BCUT2D eigenvalue weighted by atomic mass is 10.1. The van der Waals surface area contributed by atoms with Crippen molar-refractivity contribution in [2.75, 3.05) is 19.6 Å². The number of aromatic nitrogens is 2. The van der Waals surface area contributed by atoms with E-state index in [1.807, 2.05) is 33.0 Å². The van der Waals surface area contributed by atoms with Crippen molar-refractivity contribution in [3.8, 4) is 0 Å². The van der Waals surface area contributed by atoms with Crippen LogP contribution in [0.4, 0.5) is 4.39 Å². The van der Waals surface area contributed by atoms with Crippen molar-refractivity contribution in [3.05, 3.63) is 52.8 Å². The number of guanidine groups is 1. The minimum atomic E-state index is -0.228. The van der Waals surface area contributed by atoms with Gasteiger partial charge in [-0.1, -0.05) is 5.16 Å². The Labute approximate surface area is 158 Å². The first kappa shape index (κ1) is 18.9. The molecule has 0 aliphatic carbocycles. The van der Waals surface area contributed by atoms with Crippen molar-refractivity contribution in [2.24, 2.45) is 4.99 Å². The number of rotatable bonds is 7. The highest BCUT2D eigenvalue weighted by molar-refractivity contribution is 5.83. The van der Waals surface area contributed by atoms with E-state index in [-0.39, 0.29) is 5.82 Å². The molecule has 0 aliphatic rings. The number of H-pyrrole nitrogens is 1. The first-order chi connectivity index (χ1) is 13.1. The molecule has 2 aromatic heterocycles. The van der Waals surface area contributed by atoms with Gasteiger partial charge in [-0.15, -0.1) is 0 Å². The first-order valence-corrected chi connectivity index (χ1v) is 9.28. The Bertz CT molecular complexity index is 908. The molecule has 2 heterocycles. The molecule has 3 rings (SSSR count). The van der Waals surface area contributed by atoms with Crippen LogP contribution in [0.15, 0.2) is 33.9 Å². The van der Waals surface area contributed by atoms with E-state index >= 15 is 0 Å². The van der Waals surface area contributed by atoms with E-state index in [0.717, 1.165) is 65.4 Å². The number of aliphatic imine (C=N–C) groups is 1. The molecular weight excluding hydrogens is 345 g/mol. The lowest BCUT2D eigenvalue weighted by molar-refractivity contribution is 0.392. The normalized spacial score (nSPS) is 11.9. The van der Waals surface area contributed by atoms with Crippen LogP contribution in [0.1, 0.15) is 29.5 Å². The summed E-state index contributed by atoms with van der Waals surface area (Å²) >= 11 is 0. The minimum Gasteiger partial charge on any atom is -0.361 e. The molecule has 0 aliphatic heterocycles. The highest BCUT2D eigenvalue weighted by Gasteiger charge is 2.08. The number of nitrogens with one attached hydrogen (secondary N) is 3. The maximum Gasteiger partial charge on any atom is 0.191 e. The third-order valence-electron chi connectivity index (χ3n) is 4.57. The van der Waals surface area contributed by atoms with Gasteiger partial charge in [0, 0.05) is 42.3 Å². The molecule has 144 valence electrons. The van der Waals surface area contributed by atoms with Gasteiger partial charge in [0.25, 0.3) is 0 Å². The Hall–Kier alpha value is -2.83. The summed E-state index contributed by atoms with van der Waals surface area (Å²) in [5.41, 5.74) is 4.03. The number of fused-ring (bicyclic) bond motifs is 1. The first-order valence-electron chi connectivity index (χ1n) is 9.28. The topological polar surface area (TPSA) is 78.2 Å². The van der Waals surface area contributed by atoms with Gasteiger partial charge in [-0.05, 0) is 57.4 Å². The van der Waals surface area contributed by atoms with E-state index in [1.54, 1.807) is 0 Å². The van der Waals surface area contributed by atoms with Crippen LogP contribution < -0.4 is 10.6 Å². The number of aromatic amines is 1. The van der Waals surface area contributed by atoms with Gasteiger partial charge in [0.1, 0.15) is 11.6 Å². The molecule has 3 N–H and O–H groups in total. The maximum absolute atomic E-state index is 13.3. The Morgan fingerprint density at radius 2 is 2.11 bits per heavy atom. The van der Waals surface area contributed by atoms with Crippen LogP contribution in [0.2, 0.25) is 0 Å². The summed E-state index contributed by atoms with van der Waals surface area (Å²) in [6, 6.07) is 4.83. The van der Waals surface area contributed by atoms with Crippen LogP contribution in [-0.4, -0.2) is 35.7 Å². The molecule has 0 radical (unpaired) electrons. The minimum absolute atomic E-state index is 0.228. The van der Waals surface area contributed by atoms with Crippen LogP contribution in [0, 0.1) is 19.7 Å². The SMILES string of the molecule is CCNC(=NCCc1c(C)noc1C)NCCc1c[nH]c2cc(F)ccc12. The van der Waals surface area contributed by atoms with E-state index in [0.29, 0.717) is 6.54 Å².